The van der Waals surface area contributed by atoms with Crippen molar-refractivity contribution in [1.29, 1.82) is 0 Å². The van der Waals surface area contributed by atoms with Gasteiger partial charge in [0.05, 0.1) is 2.74 Å². The molecule has 0 aromatic rings. The molecular weight excluding hydrogens is 128 g/mol. The molecule has 0 saturated carbocycles. The molecule has 0 rings (SSSR count). The van der Waals surface area contributed by atoms with Gasteiger partial charge in [0.15, 0.2) is 0 Å². The van der Waals surface area contributed by atoms with Crippen LogP contribution in [0.15, 0.2) is 0 Å². The summed E-state index contributed by atoms with van der Waals surface area (Å²) in [5.74, 6) is 0. The zero-order valence-electron chi connectivity index (χ0n) is 21.9. The van der Waals surface area contributed by atoms with Crippen LogP contribution in [-0.2, 0) is 4.79 Å². The topological polar surface area (TPSA) is 37.3 Å². The summed E-state index contributed by atoms with van der Waals surface area (Å²) in [4.78, 5) is 10.4. The van der Waals surface area contributed by atoms with Crippen LogP contribution in [0.1, 0.15) is 62.5 Å². The molecule has 0 radical (unpaired) electrons. The Labute approximate surface area is 87.1 Å². The molecule has 2 heteroatoms. The monoisotopic (exact) mass is 163 g/mol. The molecule has 0 aliphatic rings. The molecule has 0 aliphatic carbocycles. The molecule has 0 atom stereocenters. The van der Waals surface area contributed by atoms with E-state index >= 15 is 0 Å². The quantitative estimate of drug-likeness (QED) is 0.641. The molecule has 0 unspecified atom stereocenters. The number of carbonyl (C=O) groups excluding carboxylic acids is 1. The highest BCUT2D eigenvalue weighted by Crippen LogP contribution is 1.78. The van der Waals surface area contributed by atoms with E-state index < -0.39 is 52.0 Å². The normalized spacial score (nSPS) is 42.7. The van der Waals surface area contributed by atoms with Gasteiger partial charge < -0.3 is 9.90 Å². The Morgan fingerprint density at radius 1 is 1.70 bits per heavy atom. The molecule has 1 N–H and O–H groups in total. The van der Waals surface area contributed by atoms with Crippen molar-refractivity contribution in [1.82, 2.24) is 0 Å². The van der Waals surface area contributed by atoms with Crippen LogP contribution in [0.25, 0.3) is 0 Å². The van der Waals surface area contributed by atoms with Crippen LogP contribution in [0.4, 0.5) is 0 Å². The Kier molecular flexibility index (Phi) is 1.87. The number of aliphatic hydroxyl groups is 1. The number of carbonyl (C=O) groups is 1. The molecule has 0 heterocycles. The van der Waals surface area contributed by atoms with E-state index in [0.717, 1.165) is 0 Å². The van der Waals surface area contributed by atoms with Gasteiger partial charge in [0.1, 0.15) is 7.63 Å². The number of hydrogen-bond acceptors (Lipinski definition) is 2. The second-order valence-electron chi connectivity index (χ2n) is 0.714. The minimum atomic E-state index is -3.56. The molecule has 0 saturated heterocycles. The van der Waals surface area contributed by atoms with Crippen LogP contribution in [0.3, 0.4) is 0 Å². The molecule has 0 amide bonds. The van der Waals surface area contributed by atoms with Crippen LogP contribution >= 0.6 is 0 Å². The predicted octanol–water partition coefficient (Wildman–Crippen LogP) is 1.76. The fourth-order valence-corrected chi connectivity index (χ4v) is 0.0535. The zero-order valence-corrected chi connectivity index (χ0v) is 4.86. The van der Waals surface area contributed by atoms with Crippen molar-refractivity contribution in [2.45, 2.75) is 39.2 Å². The van der Waals surface area contributed by atoms with Crippen molar-refractivity contribution >= 4 is 6.26 Å². The smallest absolute Gasteiger partial charge is 0.119 e. The molecule has 2 nitrogen and oxygen atoms in total. The number of hydrogen-bond donors (Lipinski definition) is 1. The zero-order chi connectivity index (χ0) is 23.1. The van der Waals surface area contributed by atoms with E-state index in [1.54, 1.807) is 0 Å². The van der Waals surface area contributed by atoms with E-state index in [1.807, 2.05) is 0 Å². The van der Waals surface area contributed by atoms with Crippen LogP contribution in [0.2, 0.25) is 0 Å². The van der Waals surface area contributed by atoms with Gasteiger partial charge in [0.25, 0.3) is 0 Å². The van der Waals surface area contributed by atoms with E-state index in [9.17, 15) is 4.79 Å². The second-order valence-corrected chi connectivity index (χ2v) is 0.714. The van der Waals surface area contributed by atoms with Gasteiger partial charge >= 0.3 is 0 Å². The summed E-state index contributed by atoms with van der Waals surface area (Å²) in [7, 11) is 0. The Balaban J connectivity index is 0. The van der Waals surface area contributed by atoms with Gasteiger partial charge in [0.2, 0.25) is 0 Å². The molecule has 0 aromatic carbocycles. The highest BCUT2D eigenvalue weighted by molar-refractivity contribution is 5.48. The Hall–Kier alpha value is -0.370. The van der Waals surface area contributed by atoms with Gasteiger partial charge in [-0.3, -0.25) is 0 Å². The van der Waals surface area contributed by atoms with Gasteiger partial charge in [0, 0.05) is 32.1 Å². The summed E-state index contributed by atoms with van der Waals surface area (Å²) in [6.45, 7) is -10.2. The molecule has 0 fully saturated rings. The number of aldehydes is 1. The van der Waals surface area contributed by atoms with Crippen molar-refractivity contribution in [3.05, 3.63) is 0 Å². The lowest BCUT2D eigenvalue weighted by Crippen LogP contribution is -1.75. The van der Waals surface area contributed by atoms with Crippen LogP contribution in [-0.4, -0.2) is 17.9 Å². The lowest BCUT2D eigenvalue weighted by molar-refractivity contribution is -0.107. The van der Waals surface area contributed by atoms with E-state index in [0.29, 0.717) is 0 Å². The molecule has 10 heavy (non-hydrogen) atoms. The fourth-order valence-electron chi connectivity index (χ4n) is 0.0535. The van der Waals surface area contributed by atoms with Crippen molar-refractivity contribution < 1.29 is 33.2 Å². The summed E-state index contributed by atoms with van der Waals surface area (Å²) >= 11 is 0. The van der Waals surface area contributed by atoms with Crippen LogP contribution in [0, 0.1) is 0 Å². The maximum Gasteiger partial charge on any atom is 0.119 e. The molecule has 62 valence electrons. The van der Waals surface area contributed by atoms with E-state index in [2.05, 4.69) is 0 Å². The molecule has 0 bridgehead atoms. The first-order valence-electron chi connectivity index (χ1n) is 10.4. The van der Waals surface area contributed by atoms with Crippen molar-refractivity contribution in [2.24, 2.45) is 0 Å². The van der Waals surface area contributed by atoms with Gasteiger partial charge in [-0.25, -0.2) is 0 Å². The van der Waals surface area contributed by atoms with E-state index in [-0.39, 0.29) is 0 Å². The first-order chi connectivity index (χ1) is 11.2. The average Bonchev–Trinajstić information content (AvgIpc) is 2.34. The van der Waals surface area contributed by atoms with E-state index in [1.165, 1.54) is 0 Å². The summed E-state index contributed by atoms with van der Waals surface area (Å²) in [6.07, 6.45) is -15.5. The van der Waals surface area contributed by atoms with Gasteiger partial charge in [-0.15, -0.1) is 0 Å². The molecule has 0 aromatic heterocycles. The minimum absolute atomic E-state index is 1.88. The Morgan fingerprint density at radius 3 is 2.60 bits per heavy atom. The third kappa shape index (κ3) is 25.5. The predicted molar refractivity (Wildman–Crippen MR) is 43.0 cm³/mol. The lowest BCUT2D eigenvalue weighted by Gasteiger charge is -1.79. The van der Waals surface area contributed by atoms with Crippen LogP contribution < -0.4 is 0 Å². The molecule has 0 aliphatic heterocycles. The standard InChI is InChI=1S/C4H10O.C4H8O/c2*1-2-3-4-5/h5H,2-4H2,1H3;4H,2-3H2,1H3/i1D3,2D2,3D2,4D2;1D3,2D2,3D2,4D. The SMILES string of the molecule is [2H]C(=O)C([2H])([2H])C([2H])([2H])C([2H])([2H])[2H].[2H]C([2H])([2H])C([2H])([2H])C([2H])([2H])C([2H])([2H])O. The maximum absolute atomic E-state index is 10.4. The Morgan fingerprint density at radius 2 is 2.40 bits per heavy atom. The highest BCUT2D eigenvalue weighted by atomic mass is 16.2. The minimum Gasteiger partial charge on any atom is -0.396 e. The van der Waals surface area contributed by atoms with E-state index in [4.69, 9.17) is 28.4 Å². The summed E-state index contributed by atoms with van der Waals surface area (Å²) in [5.41, 5.74) is 0. The largest absolute Gasteiger partial charge is 0.396 e. The van der Waals surface area contributed by atoms with Gasteiger partial charge in [-0.2, -0.15) is 0 Å². The highest BCUT2D eigenvalue weighted by Gasteiger charge is 1.69. The van der Waals surface area contributed by atoms with Crippen LogP contribution in [0.5, 0.6) is 0 Å². The first kappa shape index (κ1) is 1.18. The molecule has 0 spiro atoms. The first-order valence-corrected chi connectivity index (χ1v) is 1.93. The lowest BCUT2D eigenvalue weighted by atomic mass is 10.4. The van der Waals surface area contributed by atoms with Crippen molar-refractivity contribution in [3.8, 4) is 0 Å². The molecular formula is C8H18O2. The Bertz CT molecular complexity index is 497. The third-order valence-corrected chi connectivity index (χ3v) is 0.232. The number of rotatable bonds is 4. The van der Waals surface area contributed by atoms with Crippen molar-refractivity contribution in [3.63, 3.8) is 0 Å². The third-order valence-electron chi connectivity index (χ3n) is 0.232. The fraction of sp³-hybridized carbons (Fsp3) is 0.875. The average molecular weight is 163 g/mol. The second kappa shape index (κ2) is 15.9. The van der Waals surface area contributed by atoms with Gasteiger partial charge in [-0.1, -0.05) is 20.1 Å². The summed E-state index contributed by atoms with van der Waals surface area (Å²) in [5, 5.41) is 8.71. The maximum atomic E-state index is 10.4. The summed E-state index contributed by atoms with van der Waals surface area (Å²) < 4.78 is 115. The van der Waals surface area contributed by atoms with Crippen molar-refractivity contribution in [2.75, 3.05) is 6.56 Å². The van der Waals surface area contributed by atoms with Gasteiger partial charge in [-0.05, 0) is 12.7 Å². The summed E-state index contributed by atoms with van der Waals surface area (Å²) in [6, 6.07) is 0.